The van der Waals surface area contributed by atoms with Gasteiger partial charge in [0.15, 0.2) is 6.61 Å². The number of aromatic nitrogens is 2. The molecular weight excluding hydrogens is 261 g/mol. The first kappa shape index (κ1) is 14.4. The van der Waals surface area contributed by atoms with Crippen molar-refractivity contribution in [2.24, 2.45) is 0 Å². The summed E-state index contributed by atoms with van der Waals surface area (Å²) in [4.78, 5) is 7.37. The summed E-state index contributed by atoms with van der Waals surface area (Å²) in [6.45, 7) is -0.391. The van der Waals surface area contributed by atoms with Crippen LogP contribution in [0.1, 0.15) is 5.56 Å². The summed E-state index contributed by atoms with van der Waals surface area (Å²) in [6, 6.07) is 0. The fraction of sp³-hybridized carbons (Fsp3) is 0.556. The van der Waals surface area contributed by atoms with Gasteiger partial charge in [0, 0.05) is 18.8 Å². The quantitative estimate of drug-likeness (QED) is 0.854. The van der Waals surface area contributed by atoms with Crippen LogP contribution < -0.4 is 10.1 Å². The maximum absolute atomic E-state index is 12.6. The molecule has 1 heterocycles. The molecule has 1 rings (SSSR count). The van der Waals surface area contributed by atoms with Gasteiger partial charge < -0.3 is 10.1 Å². The van der Waals surface area contributed by atoms with Crippen molar-refractivity contribution in [2.75, 3.05) is 19.0 Å². The van der Waals surface area contributed by atoms with Gasteiger partial charge in [0.2, 0.25) is 11.8 Å². The van der Waals surface area contributed by atoms with E-state index in [1.165, 1.54) is 20.2 Å². The molecule has 102 valence electrons. The van der Waals surface area contributed by atoms with E-state index in [0.717, 1.165) is 0 Å². The number of aryl methyl sites for hydroxylation is 1. The molecule has 0 aromatic carbocycles. The van der Waals surface area contributed by atoms with Gasteiger partial charge in [-0.25, -0.2) is 4.98 Å². The first-order valence-corrected chi connectivity index (χ1v) is 4.76. The standard InChI is InChI=1S/C9H10F5N3O/c1-5-3-16-7(15-2)17-6(5)18-4-8(10,11)9(12,13)14/h3H,4H2,1-2H3,(H,15,16,17). The molecule has 0 fully saturated rings. The molecule has 0 aliphatic carbocycles. The highest BCUT2D eigenvalue weighted by Gasteiger charge is 2.58. The lowest BCUT2D eigenvalue weighted by atomic mass is 10.3. The van der Waals surface area contributed by atoms with Crippen LogP contribution in [0.4, 0.5) is 27.9 Å². The lowest BCUT2D eigenvalue weighted by molar-refractivity contribution is -0.290. The van der Waals surface area contributed by atoms with Crippen LogP contribution in [0.2, 0.25) is 0 Å². The highest BCUT2D eigenvalue weighted by Crippen LogP contribution is 2.35. The van der Waals surface area contributed by atoms with E-state index in [0.29, 0.717) is 0 Å². The Balaban J connectivity index is 2.80. The normalized spacial score (nSPS) is 12.4. The number of hydrogen-bond donors (Lipinski definition) is 1. The van der Waals surface area contributed by atoms with Gasteiger partial charge in [-0.05, 0) is 6.92 Å². The summed E-state index contributed by atoms with van der Waals surface area (Å²) in [7, 11) is 1.47. The number of hydrogen-bond acceptors (Lipinski definition) is 4. The highest BCUT2D eigenvalue weighted by molar-refractivity contribution is 5.31. The Morgan fingerprint density at radius 1 is 1.28 bits per heavy atom. The lowest BCUT2D eigenvalue weighted by Gasteiger charge is -2.19. The van der Waals surface area contributed by atoms with Crippen LogP contribution >= 0.6 is 0 Å². The Morgan fingerprint density at radius 2 is 1.89 bits per heavy atom. The Labute approximate surface area is 99.2 Å². The SMILES string of the molecule is CNc1ncc(C)c(OCC(F)(F)C(F)(F)F)n1. The number of ether oxygens (including phenoxy) is 1. The van der Waals surface area contributed by atoms with Gasteiger partial charge >= 0.3 is 12.1 Å². The number of halogens is 5. The van der Waals surface area contributed by atoms with Gasteiger partial charge in [0.25, 0.3) is 0 Å². The number of nitrogens with zero attached hydrogens (tertiary/aromatic N) is 2. The summed E-state index contributed by atoms with van der Waals surface area (Å²) in [5, 5.41) is 2.51. The number of nitrogens with one attached hydrogen (secondary N) is 1. The predicted octanol–water partition coefficient (Wildman–Crippen LogP) is 2.40. The summed E-state index contributed by atoms with van der Waals surface area (Å²) in [5.41, 5.74) is 0.256. The Kier molecular flexibility index (Phi) is 3.92. The maximum atomic E-state index is 12.6. The highest BCUT2D eigenvalue weighted by atomic mass is 19.4. The van der Waals surface area contributed by atoms with Gasteiger partial charge in [-0.15, -0.1) is 0 Å². The van der Waals surface area contributed by atoms with E-state index in [9.17, 15) is 22.0 Å². The minimum absolute atomic E-state index is 0.0610. The molecule has 1 aromatic rings. The molecule has 0 bridgehead atoms. The second kappa shape index (κ2) is 4.91. The van der Waals surface area contributed by atoms with E-state index in [1.54, 1.807) is 0 Å². The first-order valence-electron chi connectivity index (χ1n) is 4.76. The molecule has 4 nitrogen and oxygen atoms in total. The maximum Gasteiger partial charge on any atom is 0.456 e. The summed E-state index contributed by atoms with van der Waals surface area (Å²) in [5.74, 6) is -5.19. The second-order valence-corrected chi connectivity index (χ2v) is 3.42. The van der Waals surface area contributed by atoms with E-state index < -0.39 is 18.7 Å². The molecule has 1 aromatic heterocycles. The van der Waals surface area contributed by atoms with Crippen LogP contribution in [0, 0.1) is 6.92 Å². The summed E-state index contributed by atoms with van der Waals surface area (Å²) >= 11 is 0. The van der Waals surface area contributed by atoms with Crippen molar-refractivity contribution in [3.63, 3.8) is 0 Å². The minimum atomic E-state index is -5.65. The Bertz CT molecular complexity index is 421. The number of alkyl halides is 5. The van der Waals surface area contributed by atoms with Crippen LogP contribution in [-0.4, -0.2) is 35.7 Å². The molecule has 18 heavy (non-hydrogen) atoms. The summed E-state index contributed by atoms with van der Waals surface area (Å²) < 4.78 is 65.4. The van der Waals surface area contributed by atoms with Gasteiger partial charge in [-0.3, -0.25) is 0 Å². The number of rotatable bonds is 4. The fourth-order valence-corrected chi connectivity index (χ4v) is 0.934. The smallest absolute Gasteiger partial charge is 0.456 e. The van der Waals surface area contributed by atoms with Crippen LogP contribution in [0.15, 0.2) is 6.20 Å². The van der Waals surface area contributed by atoms with Gasteiger partial charge in [-0.2, -0.15) is 26.9 Å². The molecule has 0 unspecified atom stereocenters. The fourth-order valence-electron chi connectivity index (χ4n) is 0.934. The third-order valence-electron chi connectivity index (χ3n) is 1.95. The second-order valence-electron chi connectivity index (χ2n) is 3.42. The third-order valence-corrected chi connectivity index (χ3v) is 1.95. The monoisotopic (exact) mass is 271 g/mol. The van der Waals surface area contributed by atoms with Crippen molar-refractivity contribution in [1.82, 2.24) is 9.97 Å². The molecule has 0 atom stereocenters. The van der Waals surface area contributed by atoms with Crippen molar-refractivity contribution in [3.8, 4) is 5.88 Å². The van der Waals surface area contributed by atoms with E-state index in [-0.39, 0.29) is 17.4 Å². The van der Waals surface area contributed by atoms with Crippen LogP contribution in [0.25, 0.3) is 0 Å². The lowest BCUT2D eigenvalue weighted by Crippen LogP contribution is -2.42. The van der Waals surface area contributed by atoms with Crippen LogP contribution in [0.3, 0.4) is 0 Å². The zero-order valence-corrected chi connectivity index (χ0v) is 9.48. The molecular formula is C9H10F5N3O. The largest absolute Gasteiger partial charge is 0.471 e. The van der Waals surface area contributed by atoms with Crippen molar-refractivity contribution >= 4 is 5.95 Å². The van der Waals surface area contributed by atoms with E-state index in [4.69, 9.17) is 0 Å². The van der Waals surface area contributed by atoms with Gasteiger partial charge in [-0.1, -0.05) is 0 Å². The molecule has 0 saturated carbocycles. The van der Waals surface area contributed by atoms with Crippen molar-refractivity contribution in [3.05, 3.63) is 11.8 Å². The Hall–Kier alpha value is -1.67. The average molecular weight is 271 g/mol. The molecule has 0 saturated heterocycles. The molecule has 0 amide bonds. The minimum Gasteiger partial charge on any atom is -0.471 e. The third kappa shape index (κ3) is 3.17. The average Bonchev–Trinajstić information content (AvgIpc) is 2.26. The van der Waals surface area contributed by atoms with Crippen LogP contribution in [-0.2, 0) is 0 Å². The Morgan fingerprint density at radius 3 is 2.39 bits per heavy atom. The molecule has 0 radical (unpaired) electrons. The van der Waals surface area contributed by atoms with Crippen molar-refractivity contribution in [2.45, 2.75) is 19.0 Å². The zero-order valence-electron chi connectivity index (χ0n) is 9.48. The molecule has 1 N–H and O–H groups in total. The van der Waals surface area contributed by atoms with Crippen molar-refractivity contribution in [1.29, 1.82) is 0 Å². The van der Waals surface area contributed by atoms with E-state index in [1.807, 2.05) is 0 Å². The topological polar surface area (TPSA) is 47.0 Å². The molecule has 0 spiro atoms. The van der Waals surface area contributed by atoms with Gasteiger partial charge in [0.05, 0.1) is 0 Å². The predicted molar refractivity (Wildman–Crippen MR) is 52.8 cm³/mol. The van der Waals surface area contributed by atoms with E-state index >= 15 is 0 Å². The van der Waals surface area contributed by atoms with Crippen LogP contribution in [0.5, 0.6) is 5.88 Å². The van der Waals surface area contributed by atoms with E-state index in [2.05, 4.69) is 20.0 Å². The molecule has 0 aliphatic rings. The molecule has 0 aliphatic heterocycles. The molecule has 9 heteroatoms. The zero-order chi connectivity index (χ0) is 14.0. The van der Waals surface area contributed by atoms with Gasteiger partial charge in [0.1, 0.15) is 0 Å². The van der Waals surface area contributed by atoms with Crippen molar-refractivity contribution < 1.29 is 26.7 Å². The summed E-state index contributed by atoms with van der Waals surface area (Å²) in [6.07, 6.45) is -4.40. The number of anilines is 1. The first-order chi connectivity index (χ1) is 8.17.